The van der Waals surface area contributed by atoms with Crippen molar-refractivity contribution < 1.29 is 24.2 Å². The Kier molecular flexibility index (Phi) is 4.97. The molecule has 6 nitrogen and oxygen atoms in total. The van der Waals surface area contributed by atoms with Crippen molar-refractivity contribution in [1.29, 1.82) is 0 Å². The summed E-state index contributed by atoms with van der Waals surface area (Å²) in [5.41, 5.74) is 0.718. The lowest BCUT2D eigenvalue weighted by molar-refractivity contribution is -0.116. The molecule has 1 aromatic heterocycles. The van der Waals surface area contributed by atoms with Crippen LogP contribution >= 0.6 is 0 Å². The number of carbonyl (C=O) groups is 2. The second kappa shape index (κ2) is 7.46. The molecular formula is C20H21F3N4O2. The minimum absolute atomic E-state index is 0. The number of aromatic nitrogens is 2. The third-order valence-electron chi connectivity index (χ3n) is 5.14. The van der Waals surface area contributed by atoms with Crippen LogP contribution in [0, 0.1) is 11.6 Å². The van der Waals surface area contributed by atoms with Crippen molar-refractivity contribution in [3.8, 4) is 0 Å². The number of alkyl halides is 1. The molecule has 1 aromatic carbocycles. The summed E-state index contributed by atoms with van der Waals surface area (Å²) in [5, 5.41) is 2.35. The van der Waals surface area contributed by atoms with E-state index in [0.717, 1.165) is 30.1 Å². The van der Waals surface area contributed by atoms with Crippen molar-refractivity contribution in [2.45, 2.75) is 37.3 Å². The van der Waals surface area contributed by atoms with Gasteiger partial charge in [0.05, 0.1) is 18.9 Å². The lowest BCUT2D eigenvalue weighted by Crippen LogP contribution is -2.35. The van der Waals surface area contributed by atoms with Crippen LogP contribution in [0.5, 0.6) is 0 Å². The molecule has 154 valence electrons. The Labute approximate surface area is 166 Å². The molecule has 0 unspecified atom stereocenters. The van der Waals surface area contributed by atoms with Gasteiger partial charge in [0, 0.05) is 25.5 Å². The van der Waals surface area contributed by atoms with Crippen molar-refractivity contribution in [1.82, 2.24) is 14.9 Å². The zero-order valence-corrected chi connectivity index (χ0v) is 15.7. The molecule has 0 spiro atoms. The first-order valence-electron chi connectivity index (χ1n) is 9.34. The smallest absolute Gasteiger partial charge is 0.254 e. The van der Waals surface area contributed by atoms with Crippen molar-refractivity contribution in [3.63, 3.8) is 0 Å². The average Bonchev–Trinajstić information content (AvgIpc) is 3.60. The molecule has 2 atom stereocenters. The first kappa shape index (κ1) is 19.4. The second-order valence-corrected chi connectivity index (χ2v) is 7.50. The Bertz CT molecular complexity index is 969. The number of hydrogen-bond donors (Lipinski definition) is 1. The molecule has 2 aliphatic carbocycles. The number of halogens is 3. The fraction of sp³-hybridized carbons (Fsp3) is 0.400. The summed E-state index contributed by atoms with van der Waals surface area (Å²) >= 11 is 0. The quantitative estimate of drug-likeness (QED) is 0.798. The lowest BCUT2D eigenvalue weighted by Gasteiger charge is -2.20. The predicted octanol–water partition coefficient (Wildman–Crippen LogP) is 3.41. The summed E-state index contributed by atoms with van der Waals surface area (Å²) in [6.07, 6.45) is 2.61. The molecule has 0 aliphatic heterocycles. The molecular weight excluding hydrogens is 385 g/mol. The summed E-state index contributed by atoms with van der Waals surface area (Å²) in [6, 6.07) is 3.11. The van der Waals surface area contributed by atoms with Gasteiger partial charge in [-0.15, -0.1) is 0 Å². The predicted molar refractivity (Wildman–Crippen MR) is 100 cm³/mol. The maximum Gasteiger partial charge on any atom is 0.254 e. The molecule has 2 aliphatic rings. The number of carbonyl (C=O) groups excluding carboxylic acids is 2. The summed E-state index contributed by atoms with van der Waals surface area (Å²) in [6.45, 7) is -0.352. The first-order chi connectivity index (χ1) is 13.8. The van der Waals surface area contributed by atoms with E-state index in [4.69, 9.17) is 0 Å². The van der Waals surface area contributed by atoms with Gasteiger partial charge in [-0.25, -0.2) is 23.1 Å². The fourth-order valence-electron chi connectivity index (χ4n) is 3.37. The Morgan fingerprint density at radius 3 is 2.48 bits per heavy atom. The number of anilines is 1. The van der Waals surface area contributed by atoms with Gasteiger partial charge in [0.25, 0.3) is 5.91 Å². The van der Waals surface area contributed by atoms with E-state index in [0.29, 0.717) is 5.56 Å². The zero-order valence-electron chi connectivity index (χ0n) is 15.7. The number of amides is 2. The van der Waals surface area contributed by atoms with E-state index in [1.54, 1.807) is 6.07 Å². The van der Waals surface area contributed by atoms with Crippen LogP contribution in [0.1, 0.15) is 54.0 Å². The number of benzene rings is 1. The van der Waals surface area contributed by atoms with Crippen LogP contribution in [-0.4, -0.2) is 46.4 Å². The molecule has 2 aromatic rings. The fourth-order valence-corrected chi connectivity index (χ4v) is 3.37. The SMILES string of the molecule is CN(CC(=O)Nc1ncc(F)cn1)C(=O)c1ccc(C2CC2)c(F)c1[C@@H]1C[C@@H]1F.[HH]. The van der Waals surface area contributed by atoms with Crippen LogP contribution in [0.2, 0.25) is 0 Å². The van der Waals surface area contributed by atoms with E-state index < -0.39 is 35.5 Å². The highest BCUT2D eigenvalue weighted by Crippen LogP contribution is 2.49. The van der Waals surface area contributed by atoms with E-state index in [2.05, 4.69) is 15.3 Å². The lowest BCUT2D eigenvalue weighted by atomic mass is 9.96. The van der Waals surface area contributed by atoms with E-state index in [9.17, 15) is 18.4 Å². The summed E-state index contributed by atoms with van der Waals surface area (Å²) < 4.78 is 41.6. The van der Waals surface area contributed by atoms with Crippen LogP contribution in [0.3, 0.4) is 0 Å². The molecule has 1 N–H and O–H groups in total. The Morgan fingerprint density at radius 2 is 1.90 bits per heavy atom. The van der Waals surface area contributed by atoms with Gasteiger partial charge in [-0.3, -0.25) is 14.9 Å². The molecule has 2 fully saturated rings. The van der Waals surface area contributed by atoms with Gasteiger partial charge < -0.3 is 4.90 Å². The molecule has 0 bridgehead atoms. The standard InChI is InChI=1S/C20H19F3N4O2.H2/c1-27(9-16(28)26-20-24-7-11(21)8-25-20)19(29)13-5-4-12(10-2-3-10)18(23)17(13)14-6-15(14)22;/h4-5,7-8,10,14-15H,2-3,6,9H2,1H3,(H,24,25,26,28);1H/t14-,15+;/m1./s1. The highest BCUT2D eigenvalue weighted by atomic mass is 19.1. The van der Waals surface area contributed by atoms with Gasteiger partial charge >= 0.3 is 0 Å². The molecule has 2 amide bonds. The maximum absolute atomic E-state index is 15.0. The van der Waals surface area contributed by atoms with Crippen LogP contribution in [0.4, 0.5) is 19.1 Å². The summed E-state index contributed by atoms with van der Waals surface area (Å²) in [5.74, 6) is -2.91. The first-order valence-corrected chi connectivity index (χ1v) is 9.34. The van der Waals surface area contributed by atoms with Crippen molar-refractivity contribution in [2.75, 3.05) is 18.9 Å². The van der Waals surface area contributed by atoms with E-state index >= 15 is 4.39 Å². The van der Waals surface area contributed by atoms with Crippen LogP contribution < -0.4 is 5.32 Å². The molecule has 0 saturated heterocycles. The Balaban J connectivity index is 0.00000256. The van der Waals surface area contributed by atoms with Crippen LogP contribution in [0.25, 0.3) is 0 Å². The van der Waals surface area contributed by atoms with Gasteiger partial charge in [0.2, 0.25) is 11.9 Å². The highest BCUT2D eigenvalue weighted by molar-refractivity contribution is 6.00. The van der Waals surface area contributed by atoms with Gasteiger partial charge in [-0.1, -0.05) is 6.07 Å². The van der Waals surface area contributed by atoms with E-state index in [1.165, 1.54) is 13.1 Å². The van der Waals surface area contributed by atoms with Crippen molar-refractivity contribution >= 4 is 17.8 Å². The third-order valence-corrected chi connectivity index (χ3v) is 5.14. The van der Waals surface area contributed by atoms with Gasteiger partial charge in [-0.05, 0) is 36.8 Å². The maximum atomic E-state index is 15.0. The largest absolute Gasteiger partial charge is 0.332 e. The summed E-state index contributed by atoms with van der Waals surface area (Å²) in [4.78, 5) is 33.3. The number of nitrogens with zero attached hydrogens (tertiary/aromatic N) is 3. The van der Waals surface area contributed by atoms with Crippen LogP contribution in [0.15, 0.2) is 24.5 Å². The average molecular weight is 406 g/mol. The molecule has 4 rings (SSSR count). The van der Waals surface area contributed by atoms with Crippen molar-refractivity contribution in [2.24, 2.45) is 0 Å². The minimum Gasteiger partial charge on any atom is -0.332 e. The van der Waals surface area contributed by atoms with E-state index in [1.807, 2.05) is 0 Å². The zero-order chi connectivity index (χ0) is 20.7. The molecule has 2 saturated carbocycles. The second-order valence-electron chi connectivity index (χ2n) is 7.50. The minimum atomic E-state index is -1.16. The number of likely N-dealkylation sites (N-methyl/N-ethyl adjacent to an activating group) is 1. The molecule has 9 heteroatoms. The van der Waals surface area contributed by atoms with Gasteiger partial charge in [-0.2, -0.15) is 0 Å². The number of hydrogen-bond acceptors (Lipinski definition) is 4. The highest BCUT2D eigenvalue weighted by Gasteiger charge is 2.44. The normalized spacial score (nSPS) is 20.3. The van der Waals surface area contributed by atoms with Crippen LogP contribution in [-0.2, 0) is 4.79 Å². The van der Waals surface area contributed by atoms with Gasteiger partial charge in [0.1, 0.15) is 12.0 Å². The van der Waals surface area contributed by atoms with Gasteiger partial charge in [0.15, 0.2) is 5.82 Å². The number of rotatable bonds is 6. The summed E-state index contributed by atoms with van der Waals surface area (Å²) in [7, 11) is 1.39. The Hall–Kier alpha value is -2.97. The monoisotopic (exact) mass is 406 g/mol. The van der Waals surface area contributed by atoms with E-state index in [-0.39, 0.29) is 37.4 Å². The topological polar surface area (TPSA) is 75.2 Å². The Morgan fingerprint density at radius 1 is 1.24 bits per heavy atom. The molecule has 29 heavy (non-hydrogen) atoms. The molecule has 1 heterocycles. The number of nitrogens with one attached hydrogen (secondary N) is 1. The van der Waals surface area contributed by atoms with Crippen molar-refractivity contribution in [3.05, 3.63) is 52.9 Å². The molecule has 0 radical (unpaired) electrons. The third kappa shape index (κ3) is 4.08.